The summed E-state index contributed by atoms with van der Waals surface area (Å²) in [6, 6.07) is -0.579. The highest BCUT2D eigenvalue weighted by molar-refractivity contribution is 5.58. The maximum Gasteiger partial charge on any atom is 0.173 e. The first-order chi connectivity index (χ1) is 5.20. The van der Waals surface area contributed by atoms with Crippen LogP contribution < -0.4 is 5.32 Å². The van der Waals surface area contributed by atoms with Crippen molar-refractivity contribution in [1.29, 1.82) is 0 Å². The molecule has 0 amide bonds. The van der Waals surface area contributed by atoms with Gasteiger partial charge in [0.25, 0.3) is 0 Å². The van der Waals surface area contributed by atoms with Gasteiger partial charge >= 0.3 is 0 Å². The minimum absolute atomic E-state index is 0.477. The number of aliphatic hydroxyl groups excluding tert-OH is 2. The van der Waals surface area contributed by atoms with Gasteiger partial charge in [0.05, 0.1) is 6.04 Å². The van der Waals surface area contributed by atoms with Crippen molar-refractivity contribution < 1.29 is 19.7 Å². The fourth-order valence-corrected chi connectivity index (χ4v) is 1.13. The zero-order valence-corrected chi connectivity index (χ0v) is 6.10. The second-order valence-corrected chi connectivity index (χ2v) is 2.43. The van der Waals surface area contributed by atoms with E-state index in [0.717, 1.165) is 0 Å². The smallest absolute Gasteiger partial charge is 0.173 e. The van der Waals surface area contributed by atoms with Crippen LogP contribution >= 0.6 is 0 Å². The lowest BCUT2D eigenvalue weighted by Gasteiger charge is -2.14. The largest absolute Gasteiger partial charge is 0.388 e. The Morgan fingerprint density at radius 3 is 2.45 bits per heavy atom. The van der Waals surface area contributed by atoms with Gasteiger partial charge in [0, 0.05) is 0 Å². The predicted molar refractivity (Wildman–Crippen MR) is 35.8 cm³/mol. The molecule has 1 aliphatic rings. The van der Waals surface area contributed by atoms with E-state index in [0.29, 0.717) is 6.29 Å². The molecule has 4 atom stereocenters. The minimum Gasteiger partial charge on any atom is -0.388 e. The first-order valence-electron chi connectivity index (χ1n) is 3.35. The van der Waals surface area contributed by atoms with Crippen molar-refractivity contribution in [2.75, 3.05) is 7.05 Å². The van der Waals surface area contributed by atoms with E-state index < -0.39 is 24.5 Å². The second kappa shape index (κ2) is 3.27. The Labute approximate surface area is 64.0 Å². The molecule has 1 saturated heterocycles. The average molecular weight is 161 g/mol. The van der Waals surface area contributed by atoms with E-state index in [1.165, 1.54) is 0 Å². The molecule has 5 nitrogen and oxygen atoms in total. The van der Waals surface area contributed by atoms with Crippen molar-refractivity contribution in [2.24, 2.45) is 0 Å². The Kier molecular flexibility index (Phi) is 2.56. The molecule has 1 rings (SSSR count). The van der Waals surface area contributed by atoms with Crippen molar-refractivity contribution in [3.63, 3.8) is 0 Å². The Morgan fingerprint density at radius 2 is 2.18 bits per heavy atom. The van der Waals surface area contributed by atoms with Crippen LogP contribution in [0.3, 0.4) is 0 Å². The molecule has 64 valence electrons. The molecular weight excluding hydrogens is 150 g/mol. The maximum atomic E-state index is 10.2. The normalized spacial score (nSPS) is 44.3. The van der Waals surface area contributed by atoms with Gasteiger partial charge in [0.15, 0.2) is 12.6 Å². The van der Waals surface area contributed by atoms with Crippen LogP contribution in [0.25, 0.3) is 0 Å². The molecule has 1 heterocycles. The average Bonchev–Trinajstić information content (AvgIpc) is 2.26. The number of aldehydes is 1. The summed E-state index contributed by atoms with van der Waals surface area (Å²) in [5.41, 5.74) is 0. The van der Waals surface area contributed by atoms with E-state index >= 15 is 0 Å². The number of rotatable bonds is 2. The van der Waals surface area contributed by atoms with Gasteiger partial charge in [-0.2, -0.15) is 0 Å². The minimum atomic E-state index is -1.11. The number of carbonyl (C=O) groups is 1. The van der Waals surface area contributed by atoms with E-state index in [2.05, 4.69) is 5.32 Å². The monoisotopic (exact) mass is 161 g/mol. The first-order valence-corrected chi connectivity index (χ1v) is 3.35. The van der Waals surface area contributed by atoms with Gasteiger partial charge in [-0.3, -0.25) is 0 Å². The zero-order valence-electron chi connectivity index (χ0n) is 6.10. The topological polar surface area (TPSA) is 78.8 Å². The maximum absolute atomic E-state index is 10.2. The van der Waals surface area contributed by atoms with Gasteiger partial charge in [-0.05, 0) is 7.05 Å². The molecule has 0 bridgehead atoms. The molecule has 0 saturated carbocycles. The summed E-state index contributed by atoms with van der Waals surface area (Å²) in [5, 5.41) is 20.9. The molecule has 0 spiro atoms. The van der Waals surface area contributed by atoms with Gasteiger partial charge in [-0.15, -0.1) is 0 Å². The highest BCUT2D eigenvalue weighted by atomic mass is 16.6. The van der Waals surface area contributed by atoms with Crippen LogP contribution in [0.1, 0.15) is 0 Å². The Morgan fingerprint density at radius 1 is 1.55 bits per heavy atom. The zero-order chi connectivity index (χ0) is 8.43. The van der Waals surface area contributed by atoms with Crippen molar-refractivity contribution in [2.45, 2.75) is 24.5 Å². The summed E-state index contributed by atoms with van der Waals surface area (Å²) in [5.74, 6) is 0. The molecule has 4 unspecified atom stereocenters. The fraction of sp³-hybridized carbons (Fsp3) is 0.833. The highest BCUT2D eigenvalue weighted by Crippen LogP contribution is 2.17. The van der Waals surface area contributed by atoms with E-state index in [1.807, 2.05) is 0 Å². The molecule has 0 aliphatic carbocycles. The van der Waals surface area contributed by atoms with Gasteiger partial charge in [-0.1, -0.05) is 0 Å². The predicted octanol–water partition coefficient (Wildman–Crippen LogP) is -2.15. The third kappa shape index (κ3) is 1.41. The molecule has 0 aromatic rings. The molecule has 1 fully saturated rings. The quantitative estimate of drug-likeness (QED) is 0.402. The standard InChI is InChI=1S/C6H11NO4/c1-7-4-5(9)3(2-8)11-6(4)10/h2-7,9-10H,1H3. The summed E-state index contributed by atoms with van der Waals surface area (Å²) < 4.78 is 4.70. The van der Waals surface area contributed by atoms with Crippen LogP contribution in [0.15, 0.2) is 0 Å². The molecule has 0 radical (unpaired) electrons. The van der Waals surface area contributed by atoms with Gasteiger partial charge in [0.1, 0.15) is 12.2 Å². The molecule has 0 aromatic heterocycles. The molecule has 3 N–H and O–H groups in total. The first kappa shape index (κ1) is 8.61. The van der Waals surface area contributed by atoms with Crippen LogP contribution in [0.5, 0.6) is 0 Å². The lowest BCUT2D eigenvalue weighted by Crippen LogP contribution is -2.43. The number of ether oxygens (including phenoxy) is 1. The lowest BCUT2D eigenvalue weighted by molar-refractivity contribution is -0.133. The van der Waals surface area contributed by atoms with E-state index in [1.54, 1.807) is 7.05 Å². The third-order valence-corrected chi connectivity index (χ3v) is 1.78. The summed E-state index contributed by atoms with van der Waals surface area (Å²) in [6.07, 6.45) is -2.51. The van der Waals surface area contributed by atoms with Crippen LogP contribution in [0.4, 0.5) is 0 Å². The third-order valence-electron chi connectivity index (χ3n) is 1.78. The highest BCUT2D eigenvalue weighted by Gasteiger charge is 2.41. The summed E-state index contributed by atoms with van der Waals surface area (Å²) >= 11 is 0. The summed E-state index contributed by atoms with van der Waals surface area (Å²) in [6.45, 7) is 0. The van der Waals surface area contributed by atoms with Crippen molar-refractivity contribution in [1.82, 2.24) is 5.32 Å². The van der Waals surface area contributed by atoms with Crippen LogP contribution in [-0.4, -0.2) is 48.1 Å². The van der Waals surface area contributed by atoms with Crippen LogP contribution in [-0.2, 0) is 9.53 Å². The van der Waals surface area contributed by atoms with E-state index in [4.69, 9.17) is 9.84 Å². The molecule has 1 aliphatic heterocycles. The number of carbonyl (C=O) groups excluding carboxylic acids is 1. The summed E-state index contributed by atoms with van der Waals surface area (Å²) in [4.78, 5) is 10.2. The molecule has 0 aromatic carbocycles. The van der Waals surface area contributed by atoms with E-state index in [-0.39, 0.29) is 0 Å². The number of likely N-dealkylation sites (N-methyl/N-ethyl adjacent to an activating group) is 1. The van der Waals surface area contributed by atoms with Crippen molar-refractivity contribution >= 4 is 6.29 Å². The second-order valence-electron chi connectivity index (χ2n) is 2.43. The van der Waals surface area contributed by atoms with Gasteiger partial charge < -0.3 is 25.1 Å². The Hall–Kier alpha value is -0.490. The SMILES string of the molecule is CNC1C(O)OC(C=O)C1O. The number of nitrogens with one attached hydrogen (secondary N) is 1. The number of aliphatic hydroxyl groups is 2. The molecular formula is C6H11NO4. The van der Waals surface area contributed by atoms with Crippen LogP contribution in [0.2, 0.25) is 0 Å². The number of hydrogen-bond donors (Lipinski definition) is 3. The van der Waals surface area contributed by atoms with E-state index in [9.17, 15) is 9.90 Å². The van der Waals surface area contributed by atoms with Crippen LogP contribution in [0, 0.1) is 0 Å². The fourth-order valence-electron chi connectivity index (χ4n) is 1.13. The Bertz CT molecular complexity index is 152. The van der Waals surface area contributed by atoms with Gasteiger partial charge in [0.2, 0.25) is 0 Å². The molecule has 11 heavy (non-hydrogen) atoms. The summed E-state index contributed by atoms with van der Waals surface area (Å²) in [7, 11) is 1.58. The van der Waals surface area contributed by atoms with Crippen molar-refractivity contribution in [3.8, 4) is 0 Å². The van der Waals surface area contributed by atoms with Crippen molar-refractivity contribution in [3.05, 3.63) is 0 Å². The van der Waals surface area contributed by atoms with Gasteiger partial charge in [-0.25, -0.2) is 0 Å². The lowest BCUT2D eigenvalue weighted by atomic mass is 10.1. The number of hydrogen-bond acceptors (Lipinski definition) is 5. The Balaban J connectivity index is 2.62. The molecule has 5 heteroatoms.